The van der Waals surface area contributed by atoms with Crippen LogP contribution in [-0.4, -0.2) is 44.4 Å². The van der Waals surface area contributed by atoms with Crippen molar-refractivity contribution < 1.29 is 4.79 Å². The van der Waals surface area contributed by atoms with Gasteiger partial charge in [-0.1, -0.05) is 13.8 Å². The first-order valence-corrected chi connectivity index (χ1v) is 7.70. The third kappa shape index (κ3) is 3.85. The average Bonchev–Trinajstić information content (AvgIpc) is 3.04. The molecule has 2 aromatic rings. The van der Waals surface area contributed by atoms with Crippen LogP contribution >= 0.6 is 0 Å². The van der Waals surface area contributed by atoms with Crippen LogP contribution in [0.3, 0.4) is 0 Å². The van der Waals surface area contributed by atoms with Crippen LogP contribution in [0.25, 0.3) is 0 Å². The molecule has 7 nitrogen and oxygen atoms in total. The highest BCUT2D eigenvalue weighted by atomic mass is 16.2. The molecule has 2 rings (SSSR count). The van der Waals surface area contributed by atoms with Crippen molar-refractivity contribution in [1.29, 1.82) is 0 Å². The second kappa shape index (κ2) is 7.21. The number of amides is 1. The molecule has 1 N–H and O–H groups in total. The number of aromatic nitrogens is 4. The Hall–Kier alpha value is -2.44. The second-order valence-corrected chi connectivity index (χ2v) is 5.88. The zero-order valence-electron chi connectivity index (χ0n) is 14.3. The topological polar surface area (TPSA) is 75.9 Å². The summed E-state index contributed by atoms with van der Waals surface area (Å²) in [6, 6.07) is -0.294. The number of nitrogens with one attached hydrogen (secondary N) is 1. The molecule has 23 heavy (non-hydrogen) atoms. The average molecular weight is 316 g/mol. The maximum Gasteiger partial charge on any atom is 0.245 e. The van der Waals surface area contributed by atoms with Crippen molar-refractivity contribution in [3.05, 3.63) is 36.2 Å². The van der Waals surface area contributed by atoms with Gasteiger partial charge in [0.2, 0.25) is 11.9 Å². The summed E-state index contributed by atoms with van der Waals surface area (Å²) in [5, 5.41) is 2.87. The molecule has 0 saturated carbocycles. The first kappa shape index (κ1) is 16.9. The number of hydrogen-bond donors (Lipinski definition) is 1. The molecular weight excluding hydrogens is 292 g/mol. The van der Waals surface area contributed by atoms with Crippen molar-refractivity contribution in [1.82, 2.24) is 24.4 Å². The number of likely N-dealkylation sites (N-methyl/N-ethyl adjacent to an activating group) is 1. The van der Waals surface area contributed by atoms with Crippen LogP contribution in [0, 0.1) is 0 Å². The van der Waals surface area contributed by atoms with Crippen molar-refractivity contribution in [3.8, 4) is 0 Å². The molecule has 1 atom stereocenters. The lowest BCUT2D eigenvalue weighted by Crippen LogP contribution is -2.33. The lowest BCUT2D eigenvalue weighted by molar-refractivity contribution is -0.133. The van der Waals surface area contributed by atoms with Crippen molar-refractivity contribution >= 4 is 11.9 Å². The number of imidazole rings is 1. The SMILES string of the molecule is CNc1ncc(CN(C)C(=O)C(C)n2ccnc2C(C)C)cn1. The predicted molar refractivity (Wildman–Crippen MR) is 89.1 cm³/mol. The highest BCUT2D eigenvalue weighted by Crippen LogP contribution is 2.19. The fourth-order valence-electron chi connectivity index (χ4n) is 2.45. The van der Waals surface area contributed by atoms with Crippen LogP contribution in [0.15, 0.2) is 24.8 Å². The summed E-state index contributed by atoms with van der Waals surface area (Å²) in [7, 11) is 3.56. The van der Waals surface area contributed by atoms with Crippen LogP contribution in [-0.2, 0) is 11.3 Å². The van der Waals surface area contributed by atoms with Crippen LogP contribution in [0.2, 0.25) is 0 Å². The second-order valence-electron chi connectivity index (χ2n) is 5.88. The Morgan fingerprint density at radius 3 is 2.48 bits per heavy atom. The highest BCUT2D eigenvalue weighted by Gasteiger charge is 2.22. The Labute approximate surface area is 136 Å². The van der Waals surface area contributed by atoms with E-state index in [0.717, 1.165) is 11.4 Å². The maximum atomic E-state index is 12.7. The molecular formula is C16H24N6O. The van der Waals surface area contributed by atoms with Crippen molar-refractivity contribution in [3.63, 3.8) is 0 Å². The molecule has 0 aliphatic heterocycles. The zero-order valence-corrected chi connectivity index (χ0v) is 14.3. The number of rotatable bonds is 6. The predicted octanol–water partition coefficient (Wildman–Crippen LogP) is 2.06. The molecule has 0 fully saturated rings. The third-order valence-electron chi connectivity index (χ3n) is 3.71. The minimum Gasteiger partial charge on any atom is -0.357 e. The van der Waals surface area contributed by atoms with E-state index in [1.165, 1.54) is 0 Å². The summed E-state index contributed by atoms with van der Waals surface area (Å²) in [6.45, 7) is 6.51. The molecule has 2 aromatic heterocycles. The van der Waals surface area contributed by atoms with E-state index in [-0.39, 0.29) is 17.9 Å². The molecule has 0 aliphatic rings. The minimum atomic E-state index is -0.294. The summed E-state index contributed by atoms with van der Waals surface area (Å²) in [6.07, 6.45) is 7.05. The molecule has 1 unspecified atom stereocenters. The number of carbonyl (C=O) groups excluding carboxylic acids is 1. The lowest BCUT2D eigenvalue weighted by Gasteiger charge is -2.24. The zero-order chi connectivity index (χ0) is 17.0. The normalized spacial score (nSPS) is 12.3. The van der Waals surface area contributed by atoms with Gasteiger partial charge in [0.05, 0.1) is 0 Å². The van der Waals surface area contributed by atoms with E-state index in [1.807, 2.05) is 17.7 Å². The van der Waals surface area contributed by atoms with Gasteiger partial charge in [-0.15, -0.1) is 0 Å². The fraction of sp³-hybridized carbons (Fsp3) is 0.500. The Balaban J connectivity index is 2.07. The van der Waals surface area contributed by atoms with E-state index in [4.69, 9.17) is 0 Å². The standard InChI is InChI=1S/C16H24N6O/c1-11(2)14-18-6-7-22(14)12(3)15(23)21(5)10-13-8-19-16(17-4)20-9-13/h6-9,11-12H,10H2,1-5H3,(H,17,19,20). The Bertz CT molecular complexity index is 649. The van der Waals surface area contributed by atoms with Crippen LogP contribution in [0.5, 0.6) is 0 Å². The largest absolute Gasteiger partial charge is 0.357 e. The van der Waals surface area contributed by atoms with Crippen LogP contribution in [0.1, 0.15) is 44.1 Å². The lowest BCUT2D eigenvalue weighted by atomic mass is 10.2. The van der Waals surface area contributed by atoms with E-state index in [1.54, 1.807) is 37.6 Å². The van der Waals surface area contributed by atoms with Gasteiger partial charge in [-0.25, -0.2) is 15.0 Å². The van der Waals surface area contributed by atoms with Crippen molar-refractivity contribution in [2.24, 2.45) is 0 Å². The maximum absolute atomic E-state index is 12.7. The van der Waals surface area contributed by atoms with E-state index < -0.39 is 0 Å². The van der Waals surface area contributed by atoms with Crippen LogP contribution < -0.4 is 5.32 Å². The van der Waals surface area contributed by atoms with Gasteiger partial charge in [-0.3, -0.25) is 4.79 Å². The Morgan fingerprint density at radius 1 is 1.26 bits per heavy atom. The molecule has 1 amide bonds. The summed E-state index contributed by atoms with van der Waals surface area (Å²) in [4.78, 5) is 27.0. The van der Waals surface area contributed by atoms with Gasteiger partial charge in [-0.2, -0.15) is 0 Å². The van der Waals surface area contributed by atoms with E-state index in [2.05, 4.69) is 34.1 Å². The minimum absolute atomic E-state index is 0.0302. The molecule has 7 heteroatoms. The molecule has 124 valence electrons. The number of nitrogens with zero attached hydrogens (tertiary/aromatic N) is 5. The van der Waals surface area contributed by atoms with E-state index in [0.29, 0.717) is 12.5 Å². The van der Waals surface area contributed by atoms with Crippen LogP contribution in [0.4, 0.5) is 5.95 Å². The number of hydrogen-bond acceptors (Lipinski definition) is 5. The molecule has 0 radical (unpaired) electrons. The first-order valence-electron chi connectivity index (χ1n) is 7.70. The van der Waals surface area contributed by atoms with Gasteiger partial charge in [0.25, 0.3) is 0 Å². The fourth-order valence-corrected chi connectivity index (χ4v) is 2.45. The number of anilines is 1. The molecule has 0 spiro atoms. The molecule has 0 aliphatic carbocycles. The summed E-state index contributed by atoms with van der Waals surface area (Å²) in [5.41, 5.74) is 0.891. The molecule has 0 aromatic carbocycles. The smallest absolute Gasteiger partial charge is 0.245 e. The quantitative estimate of drug-likeness (QED) is 0.883. The Morgan fingerprint density at radius 2 is 1.91 bits per heavy atom. The summed E-state index contributed by atoms with van der Waals surface area (Å²) >= 11 is 0. The first-order chi connectivity index (χ1) is 10.9. The number of carbonyl (C=O) groups is 1. The molecule has 0 saturated heterocycles. The van der Waals surface area contributed by atoms with E-state index >= 15 is 0 Å². The Kier molecular flexibility index (Phi) is 5.31. The summed E-state index contributed by atoms with van der Waals surface area (Å²) < 4.78 is 1.93. The van der Waals surface area contributed by atoms with Gasteiger partial charge < -0.3 is 14.8 Å². The van der Waals surface area contributed by atoms with Gasteiger partial charge in [0.15, 0.2) is 0 Å². The molecule has 0 bridgehead atoms. The highest BCUT2D eigenvalue weighted by molar-refractivity contribution is 5.79. The van der Waals surface area contributed by atoms with Crippen molar-refractivity contribution in [2.45, 2.75) is 39.3 Å². The monoisotopic (exact) mass is 316 g/mol. The van der Waals surface area contributed by atoms with Gasteiger partial charge >= 0.3 is 0 Å². The summed E-state index contributed by atoms with van der Waals surface area (Å²) in [5.74, 6) is 1.78. The van der Waals surface area contributed by atoms with Crippen molar-refractivity contribution in [2.75, 3.05) is 19.4 Å². The van der Waals surface area contributed by atoms with Gasteiger partial charge in [0.1, 0.15) is 11.9 Å². The van der Waals surface area contributed by atoms with Gasteiger partial charge in [0, 0.05) is 56.9 Å². The molecule has 2 heterocycles. The third-order valence-corrected chi connectivity index (χ3v) is 3.71. The van der Waals surface area contributed by atoms with Gasteiger partial charge in [-0.05, 0) is 6.92 Å². The van der Waals surface area contributed by atoms with E-state index in [9.17, 15) is 4.79 Å².